The van der Waals surface area contributed by atoms with Crippen LogP contribution < -0.4 is 14.2 Å². The van der Waals surface area contributed by atoms with Gasteiger partial charge in [0, 0.05) is 23.9 Å². The molecule has 2 heterocycles. The van der Waals surface area contributed by atoms with Gasteiger partial charge in [0.25, 0.3) is 6.47 Å². The first-order valence-electron chi connectivity index (χ1n) is 11.6. The van der Waals surface area contributed by atoms with Crippen LogP contribution in [0.15, 0.2) is 64.7 Å². The molecule has 3 aromatic rings. The van der Waals surface area contributed by atoms with Crippen LogP contribution in [-0.2, 0) is 11.2 Å². The molecular formula is C28H28F3NO6. The molecule has 0 spiro atoms. The van der Waals surface area contributed by atoms with Crippen LogP contribution in [-0.4, -0.2) is 35.6 Å². The van der Waals surface area contributed by atoms with Gasteiger partial charge in [-0.1, -0.05) is 37.2 Å². The number of fused-ring (bicyclic) bond motifs is 2. The van der Waals surface area contributed by atoms with Crippen molar-refractivity contribution in [1.82, 2.24) is 5.16 Å². The minimum atomic E-state index is -4.38. The Morgan fingerprint density at radius 3 is 2.50 bits per heavy atom. The smallest absolute Gasteiger partial charge is 0.416 e. The van der Waals surface area contributed by atoms with Crippen LogP contribution in [0.3, 0.4) is 0 Å². The zero-order valence-corrected chi connectivity index (χ0v) is 20.9. The van der Waals surface area contributed by atoms with Crippen molar-refractivity contribution < 1.29 is 41.8 Å². The molecule has 0 radical (unpaired) electrons. The van der Waals surface area contributed by atoms with Gasteiger partial charge in [0.15, 0.2) is 17.1 Å². The van der Waals surface area contributed by atoms with Crippen molar-refractivity contribution in [1.29, 1.82) is 0 Å². The highest BCUT2D eigenvalue weighted by Gasteiger charge is 2.31. The molecule has 38 heavy (non-hydrogen) atoms. The SMILES string of the molecule is C#C.CC/C=C(\C=C/Cc1noc2cc(Oc3ccc4c(c3)O[C@H](CC)CO4)ccc12)C(F)(F)F.O=CO. The summed E-state index contributed by atoms with van der Waals surface area (Å²) in [5.41, 5.74) is 0.369. The zero-order chi connectivity index (χ0) is 28.1. The second-order valence-electron chi connectivity index (χ2n) is 7.73. The Balaban J connectivity index is 0.000000947. The van der Waals surface area contributed by atoms with E-state index in [0.29, 0.717) is 52.7 Å². The quantitative estimate of drug-likeness (QED) is 0.197. The van der Waals surface area contributed by atoms with Gasteiger partial charge in [-0.15, -0.1) is 12.8 Å². The lowest BCUT2D eigenvalue weighted by atomic mass is 10.1. The number of allylic oxidation sites excluding steroid dienone is 4. The van der Waals surface area contributed by atoms with Gasteiger partial charge in [0.1, 0.15) is 24.2 Å². The number of hydrogen-bond acceptors (Lipinski definition) is 6. The Bertz CT molecular complexity index is 1280. The summed E-state index contributed by atoms with van der Waals surface area (Å²) >= 11 is 0. The number of ether oxygens (including phenoxy) is 3. The minimum absolute atomic E-state index is 0.00966. The lowest BCUT2D eigenvalue weighted by molar-refractivity contribution is -0.122. The minimum Gasteiger partial charge on any atom is -0.486 e. The van der Waals surface area contributed by atoms with Crippen molar-refractivity contribution in [2.45, 2.75) is 45.4 Å². The van der Waals surface area contributed by atoms with E-state index in [2.05, 4.69) is 18.0 Å². The van der Waals surface area contributed by atoms with E-state index in [-0.39, 0.29) is 19.0 Å². The van der Waals surface area contributed by atoms with Crippen molar-refractivity contribution in [2.24, 2.45) is 0 Å². The lowest BCUT2D eigenvalue weighted by Crippen LogP contribution is -2.28. The summed E-state index contributed by atoms with van der Waals surface area (Å²) in [6.07, 6.45) is 8.66. The van der Waals surface area contributed by atoms with Gasteiger partial charge < -0.3 is 23.8 Å². The van der Waals surface area contributed by atoms with Crippen molar-refractivity contribution in [3.63, 3.8) is 0 Å². The summed E-state index contributed by atoms with van der Waals surface area (Å²) in [5, 5.41) is 11.6. The normalized spacial score (nSPS) is 14.7. The Labute approximate surface area is 218 Å². The van der Waals surface area contributed by atoms with Gasteiger partial charge in [-0.25, -0.2) is 0 Å². The molecule has 1 aromatic heterocycles. The molecule has 0 saturated carbocycles. The number of benzene rings is 2. The average molecular weight is 532 g/mol. The fourth-order valence-electron chi connectivity index (χ4n) is 3.47. The molecule has 202 valence electrons. The number of rotatable bonds is 7. The number of alkyl halides is 3. The fraction of sp³-hybridized carbons (Fsp3) is 0.286. The molecule has 1 aliphatic heterocycles. The Hall–Kier alpha value is -4.39. The molecule has 0 aliphatic carbocycles. The maximum atomic E-state index is 13.0. The van der Waals surface area contributed by atoms with Crippen LogP contribution in [0.5, 0.6) is 23.0 Å². The summed E-state index contributed by atoms with van der Waals surface area (Å²) in [6, 6.07) is 10.6. The van der Waals surface area contributed by atoms with Crippen molar-refractivity contribution in [3.8, 4) is 35.8 Å². The van der Waals surface area contributed by atoms with Gasteiger partial charge in [-0.2, -0.15) is 13.2 Å². The molecule has 0 fully saturated rings. The summed E-state index contributed by atoms with van der Waals surface area (Å²) in [7, 11) is 0. The van der Waals surface area contributed by atoms with E-state index >= 15 is 0 Å². The highest BCUT2D eigenvalue weighted by molar-refractivity contribution is 5.81. The van der Waals surface area contributed by atoms with Crippen molar-refractivity contribution in [3.05, 3.63) is 65.9 Å². The van der Waals surface area contributed by atoms with Crippen molar-refractivity contribution >= 4 is 17.4 Å². The third kappa shape index (κ3) is 8.06. The first kappa shape index (κ1) is 29.8. The zero-order valence-electron chi connectivity index (χ0n) is 20.9. The maximum absolute atomic E-state index is 13.0. The van der Waals surface area contributed by atoms with Gasteiger partial charge in [-0.3, -0.25) is 4.79 Å². The number of aromatic nitrogens is 1. The Kier molecular flexibility index (Phi) is 11.3. The molecule has 1 N–H and O–H groups in total. The molecule has 1 atom stereocenters. The Morgan fingerprint density at radius 2 is 1.84 bits per heavy atom. The monoisotopic (exact) mass is 531 g/mol. The molecule has 0 saturated heterocycles. The number of nitrogens with zero attached hydrogens (tertiary/aromatic N) is 1. The molecular weight excluding hydrogens is 503 g/mol. The summed E-state index contributed by atoms with van der Waals surface area (Å²) in [4.78, 5) is 8.36. The lowest BCUT2D eigenvalue weighted by Gasteiger charge is -2.25. The van der Waals surface area contributed by atoms with Crippen LogP contribution in [0.4, 0.5) is 13.2 Å². The van der Waals surface area contributed by atoms with E-state index in [1.165, 1.54) is 6.08 Å². The topological polar surface area (TPSA) is 91.0 Å². The van der Waals surface area contributed by atoms with Crippen LogP contribution in [0, 0.1) is 12.8 Å². The van der Waals surface area contributed by atoms with Crippen LogP contribution >= 0.6 is 0 Å². The standard InChI is InChI=1S/C25H24F3NO4.C2H2.CH2O2/c1-3-6-16(25(26,27)28)7-5-8-21-20-11-9-18(13-23(20)33-29-21)31-19-10-12-22-24(14-19)32-17(4-2)15-30-22;1-2;2-1-3/h5-7,9-14,17H,3-4,8,15H2,1-2H3;1-2H;1H,(H,2,3)/b7-5-,16-6+;;/t17-;;/m1../s1. The van der Waals surface area contributed by atoms with E-state index in [1.807, 2.05) is 6.92 Å². The van der Waals surface area contributed by atoms with Crippen molar-refractivity contribution in [2.75, 3.05) is 6.61 Å². The first-order valence-corrected chi connectivity index (χ1v) is 11.6. The fourth-order valence-corrected chi connectivity index (χ4v) is 3.47. The third-order valence-corrected chi connectivity index (χ3v) is 5.20. The summed E-state index contributed by atoms with van der Waals surface area (Å²) < 4.78 is 61.9. The predicted molar refractivity (Wildman–Crippen MR) is 137 cm³/mol. The van der Waals surface area contributed by atoms with Gasteiger partial charge in [0.2, 0.25) is 0 Å². The number of terminal acetylenes is 1. The highest BCUT2D eigenvalue weighted by atomic mass is 19.4. The van der Waals surface area contributed by atoms with E-state index in [9.17, 15) is 13.2 Å². The van der Waals surface area contributed by atoms with Gasteiger partial charge in [-0.05, 0) is 37.1 Å². The molecule has 1 aliphatic rings. The molecule has 0 bridgehead atoms. The molecule has 0 amide bonds. The highest BCUT2D eigenvalue weighted by Crippen LogP contribution is 2.37. The summed E-state index contributed by atoms with van der Waals surface area (Å²) in [6.45, 7) is 3.97. The summed E-state index contributed by atoms with van der Waals surface area (Å²) in [5.74, 6) is 2.43. The van der Waals surface area contributed by atoms with E-state index in [0.717, 1.165) is 18.6 Å². The number of carboxylic acid groups (broad SMARTS) is 1. The molecule has 10 heteroatoms. The predicted octanol–water partition coefficient (Wildman–Crippen LogP) is 7.12. The molecule has 2 aromatic carbocycles. The van der Waals surface area contributed by atoms with E-state index in [1.54, 1.807) is 43.3 Å². The number of hydrogen-bond donors (Lipinski definition) is 1. The molecule has 0 unspecified atom stereocenters. The van der Waals surface area contributed by atoms with E-state index < -0.39 is 11.7 Å². The largest absolute Gasteiger partial charge is 0.486 e. The van der Waals surface area contributed by atoms with Crippen LogP contribution in [0.25, 0.3) is 11.0 Å². The first-order chi connectivity index (χ1) is 18.3. The molecule has 4 rings (SSSR count). The molecule has 7 nitrogen and oxygen atoms in total. The van der Waals surface area contributed by atoms with Gasteiger partial charge >= 0.3 is 6.18 Å². The second-order valence-corrected chi connectivity index (χ2v) is 7.73. The van der Waals surface area contributed by atoms with Gasteiger partial charge in [0.05, 0.1) is 11.3 Å². The average Bonchev–Trinajstić information content (AvgIpc) is 3.31. The Morgan fingerprint density at radius 1 is 1.16 bits per heavy atom. The second kappa shape index (κ2) is 14.4. The van der Waals surface area contributed by atoms with E-state index in [4.69, 9.17) is 28.6 Å². The number of carbonyl (C=O) groups is 1. The maximum Gasteiger partial charge on any atom is 0.416 e. The third-order valence-electron chi connectivity index (χ3n) is 5.20. The van der Waals surface area contributed by atoms with Crippen LogP contribution in [0.1, 0.15) is 32.4 Å². The van der Waals surface area contributed by atoms with Crippen LogP contribution in [0.2, 0.25) is 0 Å². The number of halogens is 3.